The smallest absolute Gasteiger partial charge is 0.241 e. The normalized spacial score (nSPS) is 11.4. The summed E-state index contributed by atoms with van der Waals surface area (Å²) in [5.74, 6) is 0.0861. The standard InChI is InChI=1S/C13H19IN2O/c1-13(2,12(17)16(3)4)15-9-10-5-7-11(14)8-6-10/h5-8,15H,9H2,1-4H3. The predicted molar refractivity (Wildman–Crippen MR) is 78.8 cm³/mol. The van der Waals surface area contributed by atoms with Crippen molar-refractivity contribution in [3.8, 4) is 0 Å². The molecule has 0 atom stereocenters. The molecular weight excluding hydrogens is 327 g/mol. The number of carbonyl (C=O) groups excluding carboxylic acids is 1. The van der Waals surface area contributed by atoms with Crippen LogP contribution in [-0.4, -0.2) is 30.4 Å². The highest BCUT2D eigenvalue weighted by molar-refractivity contribution is 14.1. The van der Waals surface area contributed by atoms with Gasteiger partial charge in [-0.1, -0.05) is 12.1 Å². The molecule has 0 spiro atoms. The summed E-state index contributed by atoms with van der Waals surface area (Å²) < 4.78 is 1.22. The van der Waals surface area contributed by atoms with Crippen molar-refractivity contribution in [3.63, 3.8) is 0 Å². The van der Waals surface area contributed by atoms with Gasteiger partial charge in [-0.15, -0.1) is 0 Å². The lowest BCUT2D eigenvalue weighted by atomic mass is 10.0. The summed E-state index contributed by atoms with van der Waals surface area (Å²) in [5.41, 5.74) is 0.650. The predicted octanol–water partition coefficient (Wildman–Crippen LogP) is 2.25. The number of likely N-dealkylation sites (N-methyl/N-ethyl adjacent to an activating group) is 1. The molecule has 1 rings (SSSR count). The first-order valence-electron chi connectivity index (χ1n) is 5.54. The van der Waals surface area contributed by atoms with Crippen LogP contribution in [0.25, 0.3) is 0 Å². The zero-order chi connectivity index (χ0) is 13.1. The van der Waals surface area contributed by atoms with Crippen LogP contribution in [-0.2, 0) is 11.3 Å². The third-order valence-corrected chi connectivity index (χ3v) is 3.31. The summed E-state index contributed by atoms with van der Waals surface area (Å²) in [4.78, 5) is 13.5. The maximum atomic E-state index is 11.9. The van der Waals surface area contributed by atoms with Crippen molar-refractivity contribution >= 4 is 28.5 Å². The van der Waals surface area contributed by atoms with Gasteiger partial charge in [0.2, 0.25) is 5.91 Å². The van der Waals surface area contributed by atoms with E-state index in [0.717, 1.165) is 0 Å². The summed E-state index contributed by atoms with van der Waals surface area (Å²) >= 11 is 2.28. The van der Waals surface area contributed by atoms with Crippen LogP contribution < -0.4 is 5.32 Å². The van der Waals surface area contributed by atoms with Crippen molar-refractivity contribution < 1.29 is 4.79 Å². The molecule has 4 heteroatoms. The van der Waals surface area contributed by atoms with E-state index in [9.17, 15) is 4.79 Å². The van der Waals surface area contributed by atoms with Gasteiger partial charge in [-0.2, -0.15) is 0 Å². The van der Waals surface area contributed by atoms with Crippen molar-refractivity contribution in [2.45, 2.75) is 25.9 Å². The number of halogens is 1. The first kappa shape index (κ1) is 14.4. The van der Waals surface area contributed by atoms with E-state index in [1.54, 1.807) is 19.0 Å². The van der Waals surface area contributed by atoms with Crippen molar-refractivity contribution in [1.29, 1.82) is 0 Å². The SMILES string of the molecule is CN(C)C(=O)C(C)(C)NCc1ccc(I)cc1. The molecule has 1 aromatic carbocycles. The third kappa shape index (κ3) is 4.27. The van der Waals surface area contributed by atoms with Gasteiger partial charge < -0.3 is 4.90 Å². The molecule has 0 saturated carbocycles. The molecule has 3 nitrogen and oxygen atoms in total. The monoisotopic (exact) mass is 346 g/mol. The fourth-order valence-corrected chi connectivity index (χ4v) is 1.92. The van der Waals surface area contributed by atoms with Crippen molar-refractivity contribution in [3.05, 3.63) is 33.4 Å². The second-order valence-corrected chi connectivity index (χ2v) is 6.05. The number of rotatable bonds is 4. The number of nitrogens with one attached hydrogen (secondary N) is 1. The zero-order valence-corrected chi connectivity index (χ0v) is 12.9. The highest BCUT2D eigenvalue weighted by Gasteiger charge is 2.28. The topological polar surface area (TPSA) is 32.3 Å². The lowest BCUT2D eigenvalue weighted by Crippen LogP contribution is -2.51. The van der Waals surface area contributed by atoms with E-state index in [4.69, 9.17) is 0 Å². The molecule has 0 bridgehead atoms. The minimum atomic E-state index is -0.535. The number of amides is 1. The van der Waals surface area contributed by atoms with Gasteiger partial charge in [-0.05, 0) is 54.1 Å². The average molecular weight is 346 g/mol. The zero-order valence-electron chi connectivity index (χ0n) is 10.7. The molecule has 0 heterocycles. The lowest BCUT2D eigenvalue weighted by Gasteiger charge is -2.28. The van der Waals surface area contributed by atoms with Crippen molar-refractivity contribution in [1.82, 2.24) is 10.2 Å². The number of benzene rings is 1. The molecule has 0 aromatic heterocycles. The number of carbonyl (C=O) groups is 1. The lowest BCUT2D eigenvalue weighted by molar-refractivity contribution is -0.134. The first-order chi connectivity index (χ1) is 7.83. The number of hydrogen-bond acceptors (Lipinski definition) is 2. The fourth-order valence-electron chi connectivity index (χ4n) is 1.56. The summed E-state index contributed by atoms with van der Waals surface area (Å²) in [6.07, 6.45) is 0. The Morgan fingerprint density at radius 2 is 1.82 bits per heavy atom. The van der Waals surface area contributed by atoms with Crippen molar-refractivity contribution in [2.75, 3.05) is 14.1 Å². The highest BCUT2D eigenvalue weighted by atomic mass is 127. The van der Waals surface area contributed by atoms with Crippen LogP contribution >= 0.6 is 22.6 Å². The van der Waals surface area contributed by atoms with Crippen LogP contribution in [0.3, 0.4) is 0 Å². The molecule has 0 aliphatic carbocycles. The summed E-state index contributed by atoms with van der Waals surface area (Å²) in [6.45, 7) is 4.51. The second kappa shape index (κ2) is 5.82. The van der Waals surface area contributed by atoms with Gasteiger partial charge in [-0.3, -0.25) is 10.1 Å². The van der Waals surface area contributed by atoms with E-state index in [2.05, 4.69) is 52.2 Å². The average Bonchev–Trinajstić information content (AvgIpc) is 2.27. The van der Waals surface area contributed by atoms with E-state index >= 15 is 0 Å². The molecule has 0 radical (unpaired) electrons. The third-order valence-electron chi connectivity index (χ3n) is 2.59. The summed E-state index contributed by atoms with van der Waals surface area (Å²) in [6, 6.07) is 8.28. The van der Waals surface area contributed by atoms with Crippen LogP contribution in [0.5, 0.6) is 0 Å². The molecule has 1 aromatic rings. The summed E-state index contributed by atoms with van der Waals surface area (Å²) in [7, 11) is 3.55. The number of hydrogen-bond donors (Lipinski definition) is 1. The largest absolute Gasteiger partial charge is 0.347 e. The Kier molecular flexibility index (Phi) is 4.94. The van der Waals surface area contributed by atoms with E-state index in [-0.39, 0.29) is 5.91 Å². The Hall–Kier alpha value is -0.620. The van der Waals surface area contributed by atoms with E-state index < -0.39 is 5.54 Å². The van der Waals surface area contributed by atoms with Crippen LogP contribution in [0.1, 0.15) is 19.4 Å². The molecule has 0 fully saturated rings. The Balaban J connectivity index is 2.61. The van der Waals surface area contributed by atoms with Crippen molar-refractivity contribution in [2.24, 2.45) is 0 Å². The van der Waals surface area contributed by atoms with Gasteiger partial charge in [0.1, 0.15) is 0 Å². The Morgan fingerprint density at radius 3 is 2.29 bits per heavy atom. The molecule has 1 amide bonds. The molecule has 94 valence electrons. The van der Waals surface area contributed by atoms with Gasteiger partial charge in [0, 0.05) is 24.2 Å². The minimum absolute atomic E-state index is 0.0861. The van der Waals surface area contributed by atoms with Crippen LogP contribution in [0.4, 0.5) is 0 Å². The molecular formula is C13H19IN2O. The van der Waals surface area contributed by atoms with E-state index in [1.807, 2.05) is 13.8 Å². The van der Waals surface area contributed by atoms with Crippen LogP contribution in [0, 0.1) is 3.57 Å². The molecule has 0 saturated heterocycles. The van der Waals surface area contributed by atoms with Gasteiger partial charge >= 0.3 is 0 Å². The first-order valence-corrected chi connectivity index (χ1v) is 6.62. The summed E-state index contributed by atoms with van der Waals surface area (Å²) in [5, 5.41) is 3.28. The highest BCUT2D eigenvalue weighted by Crippen LogP contribution is 2.10. The van der Waals surface area contributed by atoms with E-state index in [1.165, 1.54) is 9.13 Å². The fraction of sp³-hybridized carbons (Fsp3) is 0.462. The van der Waals surface area contributed by atoms with Crippen LogP contribution in [0.15, 0.2) is 24.3 Å². The van der Waals surface area contributed by atoms with Crippen LogP contribution in [0.2, 0.25) is 0 Å². The maximum Gasteiger partial charge on any atom is 0.241 e. The number of nitrogens with zero attached hydrogens (tertiary/aromatic N) is 1. The molecule has 0 aliphatic heterocycles. The minimum Gasteiger partial charge on any atom is -0.347 e. The molecule has 0 unspecified atom stereocenters. The molecule has 0 aliphatic rings. The molecule has 1 N–H and O–H groups in total. The van der Waals surface area contributed by atoms with E-state index in [0.29, 0.717) is 6.54 Å². The Morgan fingerprint density at radius 1 is 1.29 bits per heavy atom. The van der Waals surface area contributed by atoms with Gasteiger partial charge in [0.25, 0.3) is 0 Å². The Bertz CT molecular complexity index is 385. The van der Waals surface area contributed by atoms with Gasteiger partial charge in [-0.25, -0.2) is 0 Å². The maximum absolute atomic E-state index is 11.9. The Labute approximate surface area is 117 Å². The second-order valence-electron chi connectivity index (χ2n) is 4.80. The quantitative estimate of drug-likeness (QED) is 0.849. The van der Waals surface area contributed by atoms with Gasteiger partial charge in [0.05, 0.1) is 5.54 Å². The van der Waals surface area contributed by atoms with Gasteiger partial charge in [0.15, 0.2) is 0 Å². The molecule has 17 heavy (non-hydrogen) atoms.